The minimum Gasteiger partial charge on any atom is -0.506 e. The smallest absolute Gasteiger partial charge is 0.248 e. The van der Waals surface area contributed by atoms with Gasteiger partial charge in [-0.25, -0.2) is 0 Å². The zero-order chi connectivity index (χ0) is 19.4. The van der Waals surface area contributed by atoms with E-state index in [1.54, 1.807) is 19.2 Å². The van der Waals surface area contributed by atoms with Gasteiger partial charge in [-0.1, -0.05) is 24.8 Å². The van der Waals surface area contributed by atoms with E-state index in [0.29, 0.717) is 17.3 Å². The summed E-state index contributed by atoms with van der Waals surface area (Å²) in [5.74, 6) is 0.773. The molecule has 0 aliphatic rings. The van der Waals surface area contributed by atoms with Crippen LogP contribution >= 0.6 is 0 Å². The maximum atomic E-state index is 11.6. The van der Waals surface area contributed by atoms with E-state index in [4.69, 9.17) is 4.74 Å². The number of fused-ring (bicyclic) bond motifs is 1. The van der Waals surface area contributed by atoms with Gasteiger partial charge >= 0.3 is 0 Å². The standard InChI is InChI=1S/C21H22N2O4/c1-13(11-14-3-5-15(27-2)6-4-14)22-18(12-24)16-7-9-19(25)21-17(16)8-10-20(26)23-21/h3-10,18,22,24-25H,1,11-12H2,2H3,(H,23,26)/t18-/m1/s1. The van der Waals surface area contributed by atoms with Crippen molar-refractivity contribution < 1.29 is 14.9 Å². The van der Waals surface area contributed by atoms with E-state index >= 15 is 0 Å². The molecular weight excluding hydrogens is 344 g/mol. The van der Waals surface area contributed by atoms with Crippen LogP contribution < -0.4 is 15.6 Å². The number of aliphatic hydroxyl groups excluding tert-OH is 1. The summed E-state index contributed by atoms with van der Waals surface area (Å²) in [7, 11) is 1.62. The van der Waals surface area contributed by atoms with Gasteiger partial charge in [-0.2, -0.15) is 0 Å². The molecule has 0 saturated heterocycles. The van der Waals surface area contributed by atoms with E-state index in [1.807, 2.05) is 24.3 Å². The minimum atomic E-state index is -0.426. The lowest BCUT2D eigenvalue weighted by Crippen LogP contribution is -2.25. The van der Waals surface area contributed by atoms with Crippen LogP contribution in [0.1, 0.15) is 17.2 Å². The predicted molar refractivity (Wildman–Crippen MR) is 105 cm³/mol. The van der Waals surface area contributed by atoms with Crippen molar-refractivity contribution in [2.24, 2.45) is 0 Å². The SMILES string of the molecule is C=C(Cc1ccc(OC)cc1)N[C@H](CO)c1ccc(O)c2[nH]c(=O)ccc12. The van der Waals surface area contributed by atoms with Gasteiger partial charge in [0.2, 0.25) is 5.56 Å². The van der Waals surface area contributed by atoms with Crippen molar-refractivity contribution in [1.29, 1.82) is 0 Å². The molecule has 0 unspecified atom stereocenters. The molecule has 0 amide bonds. The number of nitrogens with one attached hydrogen (secondary N) is 2. The van der Waals surface area contributed by atoms with Gasteiger partial charge in [0.15, 0.2) is 0 Å². The van der Waals surface area contributed by atoms with Crippen LogP contribution in [0, 0.1) is 0 Å². The summed E-state index contributed by atoms with van der Waals surface area (Å²) in [4.78, 5) is 14.2. The average Bonchev–Trinajstić information content (AvgIpc) is 2.67. The fraction of sp³-hybridized carbons (Fsp3) is 0.190. The summed E-state index contributed by atoms with van der Waals surface area (Å²) in [5.41, 5.74) is 2.61. The molecule has 6 heteroatoms. The van der Waals surface area contributed by atoms with Gasteiger partial charge in [-0.3, -0.25) is 4.79 Å². The van der Waals surface area contributed by atoms with E-state index in [9.17, 15) is 15.0 Å². The number of benzene rings is 2. The Morgan fingerprint density at radius 3 is 2.59 bits per heavy atom. The highest BCUT2D eigenvalue weighted by Gasteiger charge is 2.16. The van der Waals surface area contributed by atoms with Crippen LogP contribution in [-0.2, 0) is 6.42 Å². The molecule has 0 spiro atoms. The van der Waals surface area contributed by atoms with E-state index < -0.39 is 6.04 Å². The predicted octanol–water partition coefficient (Wildman–Crippen LogP) is 2.62. The third-order valence-corrected chi connectivity index (χ3v) is 4.42. The van der Waals surface area contributed by atoms with Gasteiger partial charge in [-0.05, 0) is 35.4 Å². The fourth-order valence-electron chi connectivity index (χ4n) is 3.07. The molecule has 1 aromatic heterocycles. The van der Waals surface area contributed by atoms with Crippen molar-refractivity contribution in [3.8, 4) is 11.5 Å². The number of hydrogen-bond acceptors (Lipinski definition) is 5. The molecule has 1 heterocycles. The first kappa shape index (κ1) is 18.5. The van der Waals surface area contributed by atoms with E-state index in [2.05, 4.69) is 16.9 Å². The second kappa shape index (κ2) is 7.97. The monoisotopic (exact) mass is 366 g/mol. The Hall–Kier alpha value is -3.25. The number of phenolic OH excluding ortho intramolecular Hbond substituents is 1. The molecule has 3 rings (SSSR count). The molecular formula is C21H22N2O4. The molecule has 0 aliphatic carbocycles. The number of methoxy groups -OCH3 is 1. The Bertz CT molecular complexity index is 1010. The Kier molecular flexibility index (Phi) is 5.47. The Balaban J connectivity index is 1.82. The zero-order valence-corrected chi connectivity index (χ0v) is 15.0. The Morgan fingerprint density at radius 2 is 1.93 bits per heavy atom. The first-order valence-corrected chi connectivity index (χ1v) is 8.55. The quantitative estimate of drug-likeness (QED) is 0.516. The number of hydrogen-bond donors (Lipinski definition) is 4. The normalized spacial score (nSPS) is 11.9. The molecule has 6 nitrogen and oxygen atoms in total. The fourth-order valence-corrected chi connectivity index (χ4v) is 3.07. The molecule has 0 bridgehead atoms. The number of rotatable bonds is 7. The number of aromatic nitrogens is 1. The van der Waals surface area contributed by atoms with Crippen LogP contribution in [0.2, 0.25) is 0 Å². The Labute approximate surface area is 156 Å². The molecule has 0 fully saturated rings. The van der Waals surface area contributed by atoms with Gasteiger partial charge in [0, 0.05) is 23.6 Å². The van der Waals surface area contributed by atoms with Gasteiger partial charge in [0.05, 0.1) is 25.3 Å². The van der Waals surface area contributed by atoms with Crippen LogP contribution in [0.4, 0.5) is 0 Å². The van der Waals surface area contributed by atoms with Gasteiger partial charge < -0.3 is 25.3 Å². The van der Waals surface area contributed by atoms with Crippen molar-refractivity contribution in [1.82, 2.24) is 10.3 Å². The number of ether oxygens (including phenoxy) is 1. The third kappa shape index (κ3) is 4.12. The number of phenols is 1. The highest BCUT2D eigenvalue weighted by atomic mass is 16.5. The van der Waals surface area contributed by atoms with E-state index in [-0.39, 0.29) is 17.9 Å². The number of aliphatic hydroxyl groups is 1. The summed E-state index contributed by atoms with van der Waals surface area (Å²) >= 11 is 0. The molecule has 27 heavy (non-hydrogen) atoms. The third-order valence-electron chi connectivity index (χ3n) is 4.42. The number of allylic oxidation sites excluding steroid dienone is 1. The van der Waals surface area contributed by atoms with Crippen molar-refractivity contribution in [3.05, 3.63) is 82.3 Å². The second-order valence-corrected chi connectivity index (χ2v) is 6.29. The summed E-state index contributed by atoms with van der Waals surface area (Å²) in [6, 6.07) is 13.5. The molecule has 1 atom stereocenters. The second-order valence-electron chi connectivity index (χ2n) is 6.29. The average molecular weight is 366 g/mol. The molecule has 0 saturated carbocycles. The molecule has 2 aromatic carbocycles. The van der Waals surface area contributed by atoms with E-state index in [1.165, 1.54) is 12.1 Å². The topological polar surface area (TPSA) is 94.6 Å². The van der Waals surface area contributed by atoms with Gasteiger partial charge in [-0.15, -0.1) is 0 Å². The molecule has 4 N–H and O–H groups in total. The number of aromatic hydroxyl groups is 1. The van der Waals surface area contributed by atoms with Crippen LogP contribution in [0.5, 0.6) is 11.5 Å². The summed E-state index contributed by atoms with van der Waals surface area (Å²) in [5, 5.41) is 23.8. The lowest BCUT2D eigenvalue weighted by atomic mass is 10.00. The largest absolute Gasteiger partial charge is 0.506 e. The lowest BCUT2D eigenvalue weighted by molar-refractivity contribution is 0.252. The highest BCUT2D eigenvalue weighted by molar-refractivity contribution is 5.87. The number of H-pyrrole nitrogens is 1. The van der Waals surface area contributed by atoms with Crippen molar-refractivity contribution in [3.63, 3.8) is 0 Å². The highest BCUT2D eigenvalue weighted by Crippen LogP contribution is 2.29. The summed E-state index contributed by atoms with van der Waals surface area (Å²) < 4.78 is 5.16. The zero-order valence-electron chi connectivity index (χ0n) is 15.0. The van der Waals surface area contributed by atoms with Crippen LogP contribution in [0.3, 0.4) is 0 Å². The number of pyridine rings is 1. The minimum absolute atomic E-state index is 0.0137. The molecule has 3 aromatic rings. The van der Waals surface area contributed by atoms with Crippen LogP contribution in [-0.4, -0.2) is 28.9 Å². The first-order chi connectivity index (χ1) is 13.0. The van der Waals surface area contributed by atoms with Gasteiger partial charge in [0.25, 0.3) is 0 Å². The van der Waals surface area contributed by atoms with Crippen molar-refractivity contribution >= 4 is 10.9 Å². The van der Waals surface area contributed by atoms with E-state index in [0.717, 1.165) is 22.6 Å². The molecule has 0 radical (unpaired) electrons. The maximum Gasteiger partial charge on any atom is 0.248 e. The van der Waals surface area contributed by atoms with Gasteiger partial charge in [0.1, 0.15) is 11.5 Å². The maximum absolute atomic E-state index is 11.6. The summed E-state index contributed by atoms with van der Waals surface area (Å²) in [6.45, 7) is 3.89. The lowest BCUT2D eigenvalue weighted by Gasteiger charge is -2.21. The van der Waals surface area contributed by atoms with Crippen molar-refractivity contribution in [2.75, 3.05) is 13.7 Å². The Morgan fingerprint density at radius 1 is 1.19 bits per heavy atom. The number of aromatic amines is 1. The summed E-state index contributed by atoms with van der Waals surface area (Å²) in [6.07, 6.45) is 0.591. The molecule has 140 valence electrons. The molecule has 0 aliphatic heterocycles. The first-order valence-electron chi connectivity index (χ1n) is 8.55. The van der Waals surface area contributed by atoms with Crippen LogP contribution in [0.15, 0.2) is 65.6 Å². The van der Waals surface area contributed by atoms with Crippen LogP contribution in [0.25, 0.3) is 10.9 Å². The van der Waals surface area contributed by atoms with Crippen molar-refractivity contribution in [2.45, 2.75) is 12.5 Å².